The van der Waals surface area contributed by atoms with Gasteiger partial charge in [-0.3, -0.25) is 4.79 Å². The Bertz CT molecular complexity index is 1450. The van der Waals surface area contributed by atoms with Crippen LogP contribution in [-0.2, 0) is 23.8 Å². The molecule has 1 aromatic carbocycles. The molecular formula is C41H58O7. The number of carbonyl (C=O) groups is 2. The molecule has 0 bridgehead atoms. The van der Waals surface area contributed by atoms with Crippen molar-refractivity contribution >= 4 is 18.0 Å². The third-order valence-electron chi connectivity index (χ3n) is 15.5. The second-order valence-electron chi connectivity index (χ2n) is 18.3. The van der Waals surface area contributed by atoms with Crippen LogP contribution < -0.4 is 0 Å². The highest BCUT2D eigenvalue weighted by atomic mass is 16.5. The molecule has 6 aliphatic rings. The molecule has 12 unspecified atom stereocenters. The summed E-state index contributed by atoms with van der Waals surface area (Å²) < 4.78 is 18.9. The van der Waals surface area contributed by atoms with Crippen molar-refractivity contribution < 1.29 is 34.0 Å². The maximum atomic E-state index is 13.1. The Morgan fingerprint density at radius 1 is 0.938 bits per heavy atom. The smallest absolute Gasteiger partial charge is 0.331 e. The molecule has 7 heteroatoms. The average molecular weight is 663 g/mol. The first-order chi connectivity index (χ1) is 22.5. The molecule has 2 N–H and O–H groups in total. The molecule has 0 amide bonds. The van der Waals surface area contributed by atoms with Crippen LogP contribution >= 0.6 is 0 Å². The first-order valence-electron chi connectivity index (χ1n) is 18.6. The SMILES string of the molecule is CC(=O)OC1CC2C(C)(C)C(OC(=O)C=Cc3ccccc3)CCC2(C)C2CCC34CC3(CCC4C3COC(C(C)(C)O)C(O)C3)C12C. The molecule has 1 heterocycles. The minimum atomic E-state index is -1.08. The van der Waals surface area contributed by atoms with E-state index in [0.29, 0.717) is 24.9 Å². The van der Waals surface area contributed by atoms with Gasteiger partial charge in [0.05, 0.1) is 18.3 Å². The summed E-state index contributed by atoms with van der Waals surface area (Å²) in [4.78, 5) is 25.9. The van der Waals surface area contributed by atoms with Crippen LogP contribution in [0.4, 0.5) is 0 Å². The maximum absolute atomic E-state index is 13.1. The van der Waals surface area contributed by atoms with Gasteiger partial charge in [-0.2, -0.15) is 0 Å². The molecule has 12 atom stereocenters. The van der Waals surface area contributed by atoms with E-state index in [2.05, 4.69) is 27.7 Å². The largest absolute Gasteiger partial charge is 0.462 e. The minimum Gasteiger partial charge on any atom is -0.462 e. The second-order valence-corrected chi connectivity index (χ2v) is 18.3. The molecule has 1 aliphatic heterocycles. The number of fused-ring (bicyclic) bond motifs is 3. The van der Waals surface area contributed by atoms with Gasteiger partial charge >= 0.3 is 11.9 Å². The average Bonchev–Trinajstić information content (AvgIpc) is 3.58. The van der Waals surface area contributed by atoms with E-state index in [9.17, 15) is 19.8 Å². The van der Waals surface area contributed by atoms with Crippen LogP contribution in [0.25, 0.3) is 6.08 Å². The maximum Gasteiger partial charge on any atom is 0.331 e. The molecule has 0 spiro atoms. The number of esters is 2. The lowest BCUT2D eigenvalue weighted by molar-refractivity contribution is -0.251. The van der Waals surface area contributed by atoms with Gasteiger partial charge < -0.3 is 24.4 Å². The van der Waals surface area contributed by atoms with Crippen LogP contribution in [0.5, 0.6) is 0 Å². The normalized spacial score (nSPS) is 46.1. The monoisotopic (exact) mass is 662 g/mol. The molecule has 264 valence electrons. The molecule has 1 saturated heterocycles. The van der Waals surface area contributed by atoms with Crippen molar-refractivity contribution in [2.75, 3.05) is 6.61 Å². The highest BCUT2D eigenvalue weighted by Gasteiger charge is 2.86. The molecule has 7 rings (SSSR count). The van der Waals surface area contributed by atoms with Gasteiger partial charge in [-0.05, 0) is 123 Å². The lowest BCUT2D eigenvalue weighted by Gasteiger charge is -2.68. The number of hydrogen-bond acceptors (Lipinski definition) is 7. The summed E-state index contributed by atoms with van der Waals surface area (Å²) in [5.74, 6) is 0.839. The van der Waals surface area contributed by atoms with Gasteiger partial charge in [0.1, 0.15) is 18.3 Å². The summed E-state index contributed by atoms with van der Waals surface area (Å²) in [6, 6.07) is 9.81. The van der Waals surface area contributed by atoms with E-state index in [1.807, 2.05) is 36.4 Å². The first kappa shape index (κ1) is 34.2. The van der Waals surface area contributed by atoms with Crippen LogP contribution in [0.3, 0.4) is 0 Å². The number of rotatable bonds is 6. The fraction of sp³-hybridized carbons (Fsp3) is 0.756. The van der Waals surface area contributed by atoms with E-state index in [4.69, 9.17) is 14.2 Å². The van der Waals surface area contributed by atoms with E-state index in [1.54, 1.807) is 26.8 Å². The topological polar surface area (TPSA) is 102 Å². The molecule has 5 saturated carbocycles. The highest BCUT2D eigenvalue weighted by Crippen LogP contribution is 2.91. The number of hydrogen-bond donors (Lipinski definition) is 2. The van der Waals surface area contributed by atoms with Crippen LogP contribution in [0.2, 0.25) is 0 Å². The lowest BCUT2D eigenvalue weighted by Crippen LogP contribution is -2.67. The molecule has 0 radical (unpaired) electrons. The first-order valence-corrected chi connectivity index (χ1v) is 18.6. The fourth-order valence-electron chi connectivity index (χ4n) is 13.6. The van der Waals surface area contributed by atoms with Crippen molar-refractivity contribution in [3.05, 3.63) is 42.0 Å². The van der Waals surface area contributed by atoms with E-state index in [1.165, 1.54) is 0 Å². The van der Waals surface area contributed by atoms with Crippen molar-refractivity contribution in [1.82, 2.24) is 0 Å². The molecule has 7 nitrogen and oxygen atoms in total. The quantitative estimate of drug-likeness (QED) is 0.247. The Balaban J connectivity index is 1.14. The number of aliphatic hydroxyl groups is 2. The molecule has 0 aromatic heterocycles. The number of carbonyl (C=O) groups excluding carboxylic acids is 2. The van der Waals surface area contributed by atoms with Crippen molar-refractivity contribution in [2.45, 2.75) is 136 Å². The number of aliphatic hydroxyl groups excluding tert-OH is 1. The number of ether oxygens (including phenoxy) is 3. The second kappa shape index (κ2) is 11.4. The third kappa shape index (κ3) is 4.91. The van der Waals surface area contributed by atoms with E-state index >= 15 is 0 Å². The van der Waals surface area contributed by atoms with Crippen molar-refractivity contribution in [2.24, 2.45) is 50.7 Å². The fourth-order valence-corrected chi connectivity index (χ4v) is 13.6. The standard InChI is InChI=1S/C41H58O7/c1-25(42)47-33-22-31-36(2,3)32(48-34(44)14-13-26-11-9-8-10-12-26)17-18-38(31,6)30-16-19-40-24-41(40,39(30,33)7)20-15-28(40)27-21-29(43)35(46-23-27)37(4,5)45/h8-14,27-33,35,43,45H,15-24H2,1-7H3. The van der Waals surface area contributed by atoms with Crippen LogP contribution in [0, 0.1) is 50.7 Å². The Labute approximate surface area is 287 Å². The predicted molar refractivity (Wildman–Crippen MR) is 183 cm³/mol. The lowest BCUT2D eigenvalue weighted by atomic mass is 9.37. The summed E-state index contributed by atoms with van der Waals surface area (Å²) in [5.41, 5.74) is -0.236. The van der Waals surface area contributed by atoms with Crippen molar-refractivity contribution in [3.63, 3.8) is 0 Å². The van der Waals surface area contributed by atoms with Crippen molar-refractivity contribution in [1.29, 1.82) is 0 Å². The zero-order valence-electron chi connectivity index (χ0n) is 30.2. The van der Waals surface area contributed by atoms with Gasteiger partial charge in [-0.15, -0.1) is 0 Å². The molecule has 5 aliphatic carbocycles. The number of benzene rings is 1. The molecule has 6 fully saturated rings. The Hall–Kier alpha value is -2.22. The Kier molecular flexibility index (Phi) is 8.13. The minimum absolute atomic E-state index is 0.0311. The van der Waals surface area contributed by atoms with Gasteiger partial charge in [0.25, 0.3) is 0 Å². The summed E-state index contributed by atoms with van der Waals surface area (Å²) in [7, 11) is 0. The summed E-state index contributed by atoms with van der Waals surface area (Å²) in [6.07, 6.45) is 10.6. The summed E-state index contributed by atoms with van der Waals surface area (Å²) >= 11 is 0. The van der Waals surface area contributed by atoms with Crippen LogP contribution in [0.15, 0.2) is 36.4 Å². The Morgan fingerprint density at radius 3 is 2.33 bits per heavy atom. The van der Waals surface area contributed by atoms with E-state index in [-0.39, 0.29) is 63.1 Å². The van der Waals surface area contributed by atoms with E-state index in [0.717, 1.165) is 56.9 Å². The van der Waals surface area contributed by atoms with Gasteiger partial charge in [0.2, 0.25) is 0 Å². The van der Waals surface area contributed by atoms with Gasteiger partial charge in [-0.25, -0.2) is 4.79 Å². The zero-order chi connectivity index (χ0) is 34.5. The summed E-state index contributed by atoms with van der Waals surface area (Å²) in [5, 5.41) is 21.7. The molecule has 1 aromatic rings. The predicted octanol–water partition coefficient (Wildman–Crippen LogP) is 7.13. The third-order valence-corrected chi connectivity index (χ3v) is 15.5. The molecule has 48 heavy (non-hydrogen) atoms. The summed E-state index contributed by atoms with van der Waals surface area (Å²) in [6.45, 7) is 15.1. The highest BCUT2D eigenvalue weighted by molar-refractivity contribution is 5.87. The van der Waals surface area contributed by atoms with E-state index < -0.39 is 17.8 Å². The Morgan fingerprint density at radius 2 is 1.67 bits per heavy atom. The van der Waals surface area contributed by atoms with Gasteiger partial charge in [-0.1, -0.05) is 58.0 Å². The zero-order valence-corrected chi connectivity index (χ0v) is 30.2. The van der Waals surface area contributed by atoms with Crippen LogP contribution in [0.1, 0.15) is 112 Å². The van der Waals surface area contributed by atoms with Gasteiger partial charge in [0, 0.05) is 23.8 Å². The molecular weight excluding hydrogens is 604 g/mol. The van der Waals surface area contributed by atoms with Crippen LogP contribution in [-0.4, -0.2) is 58.8 Å². The van der Waals surface area contributed by atoms with Gasteiger partial charge in [0.15, 0.2) is 0 Å². The van der Waals surface area contributed by atoms with Crippen molar-refractivity contribution in [3.8, 4) is 0 Å².